The molecule has 0 radical (unpaired) electrons. The SMILES string of the molecule is C[C@@](O)(CNC(=O)C(=O)Nc1ccc(C(F)(F)F)cc1)C1CC1. The Kier molecular flexibility index (Phi) is 4.65. The lowest BCUT2D eigenvalue weighted by Crippen LogP contribution is -2.45. The van der Waals surface area contributed by atoms with Gasteiger partial charge in [-0.05, 0) is 49.9 Å². The van der Waals surface area contributed by atoms with E-state index in [0.29, 0.717) is 0 Å². The number of halogens is 3. The van der Waals surface area contributed by atoms with Crippen molar-refractivity contribution in [2.75, 3.05) is 11.9 Å². The number of hydrogen-bond donors (Lipinski definition) is 3. The topological polar surface area (TPSA) is 78.4 Å². The van der Waals surface area contributed by atoms with E-state index in [1.165, 1.54) is 0 Å². The molecule has 1 atom stereocenters. The number of aliphatic hydroxyl groups is 1. The van der Waals surface area contributed by atoms with Crippen LogP contribution in [0.15, 0.2) is 24.3 Å². The molecule has 126 valence electrons. The van der Waals surface area contributed by atoms with E-state index in [1.54, 1.807) is 6.92 Å². The zero-order valence-electron chi connectivity index (χ0n) is 12.4. The summed E-state index contributed by atoms with van der Waals surface area (Å²) in [6.45, 7) is 1.52. The van der Waals surface area contributed by atoms with Gasteiger partial charge in [-0.15, -0.1) is 0 Å². The minimum Gasteiger partial charge on any atom is -0.388 e. The zero-order valence-corrected chi connectivity index (χ0v) is 12.4. The minimum atomic E-state index is -4.46. The smallest absolute Gasteiger partial charge is 0.388 e. The standard InChI is InChI=1S/C15H17F3N2O3/c1-14(23,9-2-3-9)8-19-12(21)13(22)20-11-6-4-10(5-7-11)15(16,17)18/h4-7,9,23H,2-3,8H2,1H3,(H,19,21)(H,20,22)/t14-/m1/s1. The molecule has 5 nitrogen and oxygen atoms in total. The maximum atomic E-state index is 12.4. The van der Waals surface area contributed by atoms with Crippen LogP contribution in [0.3, 0.4) is 0 Å². The number of benzene rings is 1. The number of amides is 2. The van der Waals surface area contributed by atoms with E-state index >= 15 is 0 Å². The van der Waals surface area contributed by atoms with Crippen LogP contribution in [0.25, 0.3) is 0 Å². The van der Waals surface area contributed by atoms with E-state index in [9.17, 15) is 27.9 Å². The number of rotatable bonds is 4. The Morgan fingerprint density at radius 3 is 2.22 bits per heavy atom. The molecule has 0 spiro atoms. The number of carbonyl (C=O) groups excluding carboxylic acids is 2. The second kappa shape index (κ2) is 6.19. The average Bonchev–Trinajstić information content (AvgIpc) is 3.29. The van der Waals surface area contributed by atoms with Crippen LogP contribution < -0.4 is 10.6 Å². The van der Waals surface area contributed by atoms with Crippen molar-refractivity contribution in [3.05, 3.63) is 29.8 Å². The molecule has 1 aromatic carbocycles. The summed E-state index contributed by atoms with van der Waals surface area (Å²) in [4.78, 5) is 23.3. The Morgan fingerprint density at radius 1 is 1.17 bits per heavy atom. The van der Waals surface area contributed by atoms with Gasteiger partial charge in [0.05, 0.1) is 11.2 Å². The predicted octanol–water partition coefficient (Wildman–Crippen LogP) is 1.92. The van der Waals surface area contributed by atoms with Crippen LogP contribution in [-0.2, 0) is 15.8 Å². The summed E-state index contributed by atoms with van der Waals surface area (Å²) >= 11 is 0. The van der Waals surface area contributed by atoms with Crippen LogP contribution in [0.4, 0.5) is 18.9 Å². The van der Waals surface area contributed by atoms with Crippen LogP contribution in [-0.4, -0.2) is 29.1 Å². The van der Waals surface area contributed by atoms with Gasteiger partial charge in [0, 0.05) is 12.2 Å². The van der Waals surface area contributed by atoms with Gasteiger partial charge in [0.1, 0.15) is 0 Å². The largest absolute Gasteiger partial charge is 0.416 e. The maximum Gasteiger partial charge on any atom is 0.416 e. The highest BCUT2D eigenvalue weighted by molar-refractivity contribution is 6.39. The Morgan fingerprint density at radius 2 is 1.74 bits per heavy atom. The van der Waals surface area contributed by atoms with E-state index in [1.807, 2.05) is 0 Å². The van der Waals surface area contributed by atoms with Gasteiger partial charge in [0.15, 0.2) is 0 Å². The third-order valence-electron chi connectivity index (χ3n) is 3.74. The first-order valence-corrected chi connectivity index (χ1v) is 7.08. The number of carbonyl (C=O) groups is 2. The second-order valence-electron chi connectivity index (χ2n) is 5.84. The number of nitrogens with one attached hydrogen (secondary N) is 2. The van der Waals surface area contributed by atoms with E-state index in [-0.39, 0.29) is 18.2 Å². The molecule has 0 bridgehead atoms. The lowest BCUT2D eigenvalue weighted by molar-refractivity contribution is -0.137. The van der Waals surface area contributed by atoms with Crippen molar-refractivity contribution in [3.63, 3.8) is 0 Å². The summed E-state index contributed by atoms with van der Waals surface area (Å²) in [5.41, 5.74) is -1.84. The van der Waals surface area contributed by atoms with Gasteiger partial charge in [-0.2, -0.15) is 13.2 Å². The monoisotopic (exact) mass is 330 g/mol. The predicted molar refractivity (Wildman–Crippen MR) is 76.4 cm³/mol. The Hall–Kier alpha value is -2.09. The van der Waals surface area contributed by atoms with Crippen molar-refractivity contribution in [2.24, 2.45) is 5.92 Å². The van der Waals surface area contributed by atoms with Crippen LogP contribution in [0, 0.1) is 5.92 Å². The quantitative estimate of drug-likeness (QED) is 0.738. The lowest BCUT2D eigenvalue weighted by atomic mass is 10.0. The molecular weight excluding hydrogens is 313 g/mol. The summed E-state index contributed by atoms with van der Waals surface area (Å²) in [5, 5.41) is 14.5. The van der Waals surface area contributed by atoms with Gasteiger partial charge in [-0.3, -0.25) is 9.59 Å². The maximum absolute atomic E-state index is 12.4. The molecule has 2 amide bonds. The second-order valence-corrected chi connectivity index (χ2v) is 5.84. The van der Waals surface area contributed by atoms with Crippen LogP contribution in [0.1, 0.15) is 25.3 Å². The van der Waals surface area contributed by atoms with Gasteiger partial charge in [0.25, 0.3) is 0 Å². The molecule has 2 rings (SSSR count). The summed E-state index contributed by atoms with van der Waals surface area (Å²) in [6.07, 6.45) is -2.71. The van der Waals surface area contributed by atoms with E-state index in [0.717, 1.165) is 37.1 Å². The highest BCUT2D eigenvalue weighted by atomic mass is 19.4. The first-order valence-electron chi connectivity index (χ1n) is 7.08. The molecule has 0 unspecified atom stereocenters. The molecule has 0 aromatic heterocycles. The molecule has 0 saturated heterocycles. The molecule has 8 heteroatoms. The van der Waals surface area contributed by atoms with Crippen molar-refractivity contribution in [1.29, 1.82) is 0 Å². The van der Waals surface area contributed by atoms with Gasteiger partial charge in [-0.1, -0.05) is 0 Å². The lowest BCUT2D eigenvalue weighted by Gasteiger charge is -2.22. The summed E-state index contributed by atoms with van der Waals surface area (Å²) in [7, 11) is 0. The third-order valence-corrected chi connectivity index (χ3v) is 3.74. The van der Waals surface area contributed by atoms with Crippen LogP contribution >= 0.6 is 0 Å². The Balaban J connectivity index is 1.87. The molecule has 0 aliphatic heterocycles. The van der Waals surface area contributed by atoms with Gasteiger partial charge < -0.3 is 15.7 Å². The van der Waals surface area contributed by atoms with Crippen molar-refractivity contribution >= 4 is 17.5 Å². The van der Waals surface area contributed by atoms with Crippen molar-refractivity contribution < 1.29 is 27.9 Å². The van der Waals surface area contributed by atoms with Crippen molar-refractivity contribution in [2.45, 2.75) is 31.5 Å². The van der Waals surface area contributed by atoms with Gasteiger partial charge in [-0.25, -0.2) is 0 Å². The number of alkyl halides is 3. The molecule has 1 aliphatic carbocycles. The fourth-order valence-corrected chi connectivity index (χ4v) is 2.12. The minimum absolute atomic E-state index is 0.0586. The van der Waals surface area contributed by atoms with Crippen LogP contribution in [0.2, 0.25) is 0 Å². The molecule has 1 aliphatic rings. The van der Waals surface area contributed by atoms with Crippen molar-refractivity contribution in [3.8, 4) is 0 Å². The molecular formula is C15H17F3N2O3. The number of anilines is 1. The van der Waals surface area contributed by atoms with E-state index in [2.05, 4.69) is 10.6 Å². The molecule has 3 N–H and O–H groups in total. The Bertz CT molecular complexity index is 593. The number of hydrogen-bond acceptors (Lipinski definition) is 3. The highest BCUT2D eigenvalue weighted by Gasteiger charge is 2.40. The average molecular weight is 330 g/mol. The van der Waals surface area contributed by atoms with E-state index in [4.69, 9.17) is 0 Å². The fourth-order valence-electron chi connectivity index (χ4n) is 2.12. The van der Waals surface area contributed by atoms with Gasteiger partial charge >= 0.3 is 18.0 Å². The molecule has 1 fully saturated rings. The third kappa shape index (κ3) is 4.69. The molecule has 23 heavy (non-hydrogen) atoms. The molecule has 0 heterocycles. The first kappa shape index (κ1) is 17.3. The summed E-state index contributed by atoms with van der Waals surface area (Å²) in [6, 6.07) is 3.75. The highest BCUT2D eigenvalue weighted by Crippen LogP contribution is 2.39. The van der Waals surface area contributed by atoms with Crippen molar-refractivity contribution in [1.82, 2.24) is 5.32 Å². The van der Waals surface area contributed by atoms with Crippen LogP contribution in [0.5, 0.6) is 0 Å². The Labute approximate surface area is 130 Å². The zero-order chi connectivity index (χ0) is 17.3. The summed E-state index contributed by atoms with van der Waals surface area (Å²) < 4.78 is 37.3. The molecule has 1 saturated carbocycles. The first-order chi connectivity index (χ1) is 10.6. The summed E-state index contributed by atoms with van der Waals surface area (Å²) in [5.74, 6) is -1.84. The fraction of sp³-hybridized carbons (Fsp3) is 0.467. The van der Waals surface area contributed by atoms with Gasteiger partial charge in [0.2, 0.25) is 0 Å². The van der Waals surface area contributed by atoms with E-state index < -0.39 is 29.2 Å². The normalized spacial score (nSPS) is 17.3. The molecule has 1 aromatic rings.